The van der Waals surface area contributed by atoms with Crippen LogP contribution in [-0.4, -0.2) is 55.6 Å². The average molecular weight is 382 g/mol. The van der Waals surface area contributed by atoms with Gasteiger partial charge in [-0.2, -0.15) is 0 Å². The number of anilines is 1. The van der Waals surface area contributed by atoms with E-state index in [0.717, 1.165) is 39.0 Å². The van der Waals surface area contributed by atoms with E-state index in [1.54, 1.807) is 13.2 Å². The summed E-state index contributed by atoms with van der Waals surface area (Å²) in [4.78, 5) is 27.3. The molecule has 2 fully saturated rings. The standard InChI is InChI=1S/C19H27N3O3.ClH/c1-25-19(8-10-20-11-9-19)18(24)21-16-7-5-6-15(14-16)17(23)22-12-3-2-4-13-22;/h5-7,14,20H,2-4,8-13H2,1H3,(H,21,24);1H. The Balaban J connectivity index is 0.00000243. The zero-order valence-corrected chi connectivity index (χ0v) is 16.1. The Morgan fingerprint density at radius 2 is 1.85 bits per heavy atom. The van der Waals surface area contributed by atoms with Gasteiger partial charge in [-0.25, -0.2) is 0 Å². The van der Waals surface area contributed by atoms with Crippen LogP contribution >= 0.6 is 12.4 Å². The van der Waals surface area contributed by atoms with Crippen LogP contribution < -0.4 is 10.6 Å². The number of carbonyl (C=O) groups excluding carboxylic acids is 2. The molecule has 2 aliphatic rings. The second-order valence-corrected chi connectivity index (χ2v) is 6.84. The molecule has 0 spiro atoms. The number of ether oxygens (including phenoxy) is 1. The molecular weight excluding hydrogens is 354 g/mol. The first-order valence-corrected chi connectivity index (χ1v) is 9.11. The number of carbonyl (C=O) groups is 2. The monoisotopic (exact) mass is 381 g/mol. The van der Waals surface area contributed by atoms with Crippen LogP contribution in [0.5, 0.6) is 0 Å². The van der Waals surface area contributed by atoms with E-state index >= 15 is 0 Å². The lowest BCUT2D eigenvalue weighted by Crippen LogP contribution is -2.51. The maximum absolute atomic E-state index is 12.7. The molecule has 2 heterocycles. The molecule has 2 N–H and O–H groups in total. The number of nitrogens with one attached hydrogen (secondary N) is 2. The largest absolute Gasteiger partial charge is 0.368 e. The third kappa shape index (κ3) is 4.55. The number of hydrogen-bond acceptors (Lipinski definition) is 4. The molecule has 6 nitrogen and oxygen atoms in total. The van der Waals surface area contributed by atoms with Gasteiger partial charge in [0.2, 0.25) is 0 Å². The Morgan fingerprint density at radius 3 is 2.50 bits per heavy atom. The molecule has 0 bridgehead atoms. The molecule has 144 valence electrons. The summed E-state index contributed by atoms with van der Waals surface area (Å²) in [5.41, 5.74) is 0.470. The Labute approximate surface area is 161 Å². The van der Waals surface area contributed by atoms with E-state index in [-0.39, 0.29) is 24.2 Å². The molecule has 2 saturated heterocycles. The lowest BCUT2D eigenvalue weighted by molar-refractivity contribution is -0.140. The van der Waals surface area contributed by atoms with E-state index in [2.05, 4.69) is 10.6 Å². The molecule has 0 aliphatic carbocycles. The molecule has 2 amide bonds. The van der Waals surface area contributed by atoms with Gasteiger partial charge < -0.3 is 20.3 Å². The normalized spacial score (nSPS) is 19.3. The van der Waals surface area contributed by atoms with Crippen LogP contribution in [0.2, 0.25) is 0 Å². The quantitative estimate of drug-likeness (QED) is 0.840. The van der Waals surface area contributed by atoms with Crippen molar-refractivity contribution in [3.63, 3.8) is 0 Å². The number of nitrogens with zero attached hydrogens (tertiary/aromatic N) is 1. The minimum Gasteiger partial charge on any atom is -0.368 e. The van der Waals surface area contributed by atoms with Crippen molar-refractivity contribution in [2.75, 3.05) is 38.6 Å². The number of likely N-dealkylation sites (tertiary alicyclic amines) is 1. The zero-order chi connectivity index (χ0) is 17.7. The second kappa shape index (κ2) is 9.35. The molecule has 1 aromatic carbocycles. The number of halogens is 1. The van der Waals surface area contributed by atoms with Crippen LogP contribution in [0.4, 0.5) is 5.69 Å². The first-order chi connectivity index (χ1) is 12.1. The van der Waals surface area contributed by atoms with Crippen LogP contribution in [0, 0.1) is 0 Å². The van der Waals surface area contributed by atoms with Crippen LogP contribution in [-0.2, 0) is 9.53 Å². The van der Waals surface area contributed by atoms with Crippen molar-refractivity contribution in [2.45, 2.75) is 37.7 Å². The highest BCUT2D eigenvalue weighted by atomic mass is 35.5. The molecule has 26 heavy (non-hydrogen) atoms. The summed E-state index contributed by atoms with van der Waals surface area (Å²) < 4.78 is 5.56. The maximum atomic E-state index is 12.7. The third-order valence-corrected chi connectivity index (χ3v) is 5.23. The summed E-state index contributed by atoms with van der Waals surface area (Å²) in [5, 5.41) is 6.18. The highest BCUT2D eigenvalue weighted by Crippen LogP contribution is 2.25. The first-order valence-electron chi connectivity index (χ1n) is 9.11. The molecule has 0 saturated carbocycles. The summed E-state index contributed by atoms with van der Waals surface area (Å²) in [5.74, 6) is -0.0989. The highest BCUT2D eigenvalue weighted by molar-refractivity contribution is 6.00. The molecule has 0 unspecified atom stereocenters. The van der Waals surface area contributed by atoms with Crippen molar-refractivity contribution < 1.29 is 14.3 Å². The van der Waals surface area contributed by atoms with Crippen molar-refractivity contribution in [2.24, 2.45) is 0 Å². The van der Waals surface area contributed by atoms with Crippen molar-refractivity contribution in [1.29, 1.82) is 0 Å². The van der Waals surface area contributed by atoms with Gasteiger partial charge in [-0.3, -0.25) is 9.59 Å². The Kier molecular flexibility index (Phi) is 7.43. The third-order valence-electron chi connectivity index (χ3n) is 5.23. The fourth-order valence-electron chi connectivity index (χ4n) is 3.61. The Bertz CT molecular complexity index is 626. The van der Waals surface area contributed by atoms with Crippen molar-refractivity contribution in [3.8, 4) is 0 Å². The predicted molar refractivity (Wildman–Crippen MR) is 104 cm³/mol. The van der Waals surface area contributed by atoms with Crippen LogP contribution in [0.1, 0.15) is 42.5 Å². The average Bonchev–Trinajstić information content (AvgIpc) is 2.68. The summed E-state index contributed by atoms with van der Waals surface area (Å²) >= 11 is 0. The fraction of sp³-hybridized carbons (Fsp3) is 0.579. The maximum Gasteiger partial charge on any atom is 0.256 e. The summed E-state index contributed by atoms with van der Waals surface area (Å²) in [6.07, 6.45) is 4.59. The Hall–Kier alpha value is -1.63. The number of hydrogen-bond donors (Lipinski definition) is 2. The molecule has 0 atom stereocenters. The van der Waals surface area contributed by atoms with Gasteiger partial charge in [0.25, 0.3) is 11.8 Å². The van der Waals surface area contributed by atoms with Crippen molar-refractivity contribution in [3.05, 3.63) is 29.8 Å². The number of piperidine rings is 2. The summed E-state index contributed by atoms with van der Waals surface area (Å²) in [6.45, 7) is 3.15. The van der Waals surface area contributed by atoms with E-state index in [1.807, 2.05) is 23.1 Å². The molecule has 0 aromatic heterocycles. The first kappa shape index (κ1) is 20.7. The number of benzene rings is 1. The zero-order valence-electron chi connectivity index (χ0n) is 15.3. The van der Waals surface area contributed by atoms with Crippen LogP contribution in [0.25, 0.3) is 0 Å². The smallest absolute Gasteiger partial charge is 0.256 e. The predicted octanol–water partition coefficient (Wildman–Crippen LogP) is 2.44. The van der Waals surface area contributed by atoms with Gasteiger partial charge in [0.05, 0.1) is 0 Å². The lowest BCUT2D eigenvalue weighted by Gasteiger charge is -2.34. The van der Waals surface area contributed by atoms with E-state index in [0.29, 0.717) is 24.1 Å². The minimum absolute atomic E-state index is 0. The van der Waals surface area contributed by atoms with Crippen LogP contribution in [0.15, 0.2) is 24.3 Å². The van der Waals surface area contributed by atoms with E-state index in [1.165, 1.54) is 6.42 Å². The molecule has 1 aromatic rings. The van der Waals surface area contributed by atoms with Gasteiger partial charge in [0, 0.05) is 31.5 Å². The highest BCUT2D eigenvalue weighted by Gasteiger charge is 2.39. The second-order valence-electron chi connectivity index (χ2n) is 6.84. The molecule has 2 aliphatic heterocycles. The molecule has 7 heteroatoms. The lowest BCUT2D eigenvalue weighted by atomic mass is 9.91. The SMILES string of the molecule is COC1(C(=O)Nc2cccc(C(=O)N3CCCCC3)c2)CCNCC1.Cl. The van der Waals surface area contributed by atoms with E-state index < -0.39 is 5.60 Å². The summed E-state index contributed by atoms with van der Waals surface area (Å²) in [6, 6.07) is 7.20. The van der Waals surface area contributed by atoms with Gasteiger partial charge in [-0.15, -0.1) is 12.4 Å². The fourth-order valence-corrected chi connectivity index (χ4v) is 3.61. The van der Waals surface area contributed by atoms with Crippen LogP contribution in [0.3, 0.4) is 0 Å². The van der Waals surface area contributed by atoms with Gasteiger partial charge >= 0.3 is 0 Å². The van der Waals surface area contributed by atoms with Gasteiger partial charge in [-0.05, 0) is 63.4 Å². The Morgan fingerprint density at radius 1 is 1.15 bits per heavy atom. The van der Waals surface area contributed by atoms with Crippen molar-refractivity contribution in [1.82, 2.24) is 10.2 Å². The van der Waals surface area contributed by atoms with Crippen molar-refractivity contribution >= 4 is 29.9 Å². The molecular formula is C19H28ClN3O3. The van der Waals surface area contributed by atoms with Gasteiger partial charge in [0.1, 0.15) is 5.60 Å². The minimum atomic E-state index is -0.794. The topological polar surface area (TPSA) is 70.7 Å². The van der Waals surface area contributed by atoms with Gasteiger partial charge in [0.15, 0.2) is 0 Å². The molecule has 0 radical (unpaired) electrons. The van der Waals surface area contributed by atoms with E-state index in [9.17, 15) is 9.59 Å². The number of methoxy groups -OCH3 is 1. The summed E-state index contributed by atoms with van der Waals surface area (Å²) in [7, 11) is 1.58. The van der Waals surface area contributed by atoms with Gasteiger partial charge in [-0.1, -0.05) is 6.07 Å². The number of amides is 2. The number of rotatable bonds is 4. The molecule has 3 rings (SSSR count). The van der Waals surface area contributed by atoms with E-state index in [4.69, 9.17) is 4.74 Å².